The summed E-state index contributed by atoms with van der Waals surface area (Å²) in [5.74, 6) is 0. The van der Waals surface area contributed by atoms with Crippen LogP contribution in [-0.4, -0.2) is 51.4 Å². The van der Waals surface area contributed by atoms with Gasteiger partial charge in [-0.1, -0.05) is 90.4 Å². The summed E-state index contributed by atoms with van der Waals surface area (Å²) < 4.78 is 0. The molecule has 0 saturated carbocycles. The fourth-order valence-corrected chi connectivity index (χ4v) is 2.19. The molecule has 0 amide bonds. The number of hydrogen-bond donors (Lipinski definition) is 0. The maximum atomic E-state index is 3.87. The van der Waals surface area contributed by atoms with E-state index in [9.17, 15) is 0 Å². The van der Waals surface area contributed by atoms with Crippen LogP contribution in [0.3, 0.4) is 0 Å². The van der Waals surface area contributed by atoms with E-state index in [1.165, 1.54) is 83.5 Å². The molecule has 0 heterocycles. The van der Waals surface area contributed by atoms with E-state index in [2.05, 4.69) is 13.8 Å². The Balaban J connectivity index is -0.00000112. The van der Waals surface area contributed by atoms with Crippen molar-refractivity contribution in [3.8, 4) is 0 Å². The summed E-state index contributed by atoms with van der Waals surface area (Å²) in [5, 5.41) is 0. The van der Waals surface area contributed by atoms with Gasteiger partial charge >= 0.3 is 51.4 Å². The summed E-state index contributed by atoms with van der Waals surface area (Å²) in [6.07, 6.45) is 19.8. The Labute approximate surface area is 202 Å². The third-order valence-electron chi connectivity index (χ3n) is 3.35. The van der Waals surface area contributed by atoms with Crippen LogP contribution in [0.1, 0.15) is 96.8 Å². The third kappa shape index (κ3) is 24.3. The first-order valence-electron chi connectivity index (χ1n) is 7.71. The Hall–Kier alpha value is 3.27. The molecule has 0 aliphatic heterocycles. The zero-order chi connectivity index (χ0) is 11.9. The molecule has 0 bridgehead atoms. The maximum Gasteiger partial charge on any atom is 1.00 e. The second-order valence-corrected chi connectivity index (χ2v) is 5.10. The number of hydrogen-bond acceptors (Lipinski definition) is 0. The van der Waals surface area contributed by atoms with Gasteiger partial charge in [0.05, 0.1) is 0 Å². The van der Waals surface area contributed by atoms with Crippen molar-refractivity contribution in [2.75, 3.05) is 0 Å². The molecule has 0 N–H and O–H groups in total. The van der Waals surface area contributed by atoms with Crippen LogP contribution in [-0.2, 0) is 0 Å². The topological polar surface area (TPSA) is 0 Å². The van der Waals surface area contributed by atoms with Gasteiger partial charge in [-0.15, -0.1) is 0 Å². The Morgan fingerprint density at radius 1 is 0.556 bits per heavy atom. The number of unbranched alkanes of at least 4 members (excludes halogenated alkanes) is 13. The van der Waals surface area contributed by atoms with Crippen LogP contribution in [0.5, 0.6) is 0 Å². The second-order valence-electron chi connectivity index (χ2n) is 5.10. The summed E-state index contributed by atoms with van der Waals surface area (Å²) in [6, 6.07) is 0. The SMILES string of the molecule is [CH2-]CCCCCCCCCCCCCCC.[K+].[K]. The van der Waals surface area contributed by atoms with Crippen LogP contribution < -0.4 is 51.4 Å². The largest absolute Gasteiger partial charge is 1.00 e. The first-order chi connectivity index (χ1) is 7.91. The summed E-state index contributed by atoms with van der Waals surface area (Å²) in [7, 11) is 0. The predicted octanol–water partition coefficient (Wildman–Crippen LogP) is 2.92. The van der Waals surface area contributed by atoms with Gasteiger partial charge in [-0.3, -0.25) is 0 Å². The molecule has 0 aromatic heterocycles. The van der Waals surface area contributed by atoms with Crippen molar-refractivity contribution in [2.24, 2.45) is 0 Å². The van der Waals surface area contributed by atoms with E-state index in [0.29, 0.717) is 0 Å². The molecule has 2 heteroatoms. The molecular formula is C16H33K2. The average Bonchev–Trinajstić information content (AvgIpc) is 2.31. The van der Waals surface area contributed by atoms with Crippen LogP contribution in [0.2, 0.25) is 0 Å². The monoisotopic (exact) mass is 303 g/mol. The molecule has 1 radical (unpaired) electrons. The van der Waals surface area contributed by atoms with Crippen molar-refractivity contribution in [2.45, 2.75) is 96.8 Å². The van der Waals surface area contributed by atoms with E-state index in [-0.39, 0.29) is 103 Å². The van der Waals surface area contributed by atoms with Gasteiger partial charge in [0.1, 0.15) is 0 Å². The quantitative estimate of drug-likeness (QED) is 0.279. The Bertz CT molecular complexity index is 102. The fourth-order valence-electron chi connectivity index (χ4n) is 2.19. The van der Waals surface area contributed by atoms with Gasteiger partial charge in [0, 0.05) is 51.4 Å². The van der Waals surface area contributed by atoms with Crippen molar-refractivity contribution < 1.29 is 51.4 Å². The van der Waals surface area contributed by atoms with Crippen molar-refractivity contribution >= 4 is 51.4 Å². The van der Waals surface area contributed by atoms with Crippen molar-refractivity contribution in [1.29, 1.82) is 0 Å². The smallest absolute Gasteiger partial charge is 0.343 e. The van der Waals surface area contributed by atoms with Crippen LogP contribution in [0.4, 0.5) is 0 Å². The van der Waals surface area contributed by atoms with Gasteiger partial charge in [0.2, 0.25) is 0 Å². The van der Waals surface area contributed by atoms with Gasteiger partial charge < -0.3 is 6.92 Å². The third-order valence-corrected chi connectivity index (χ3v) is 3.35. The predicted molar refractivity (Wildman–Crippen MR) is 81.4 cm³/mol. The summed E-state index contributed by atoms with van der Waals surface area (Å²) in [6.45, 7) is 6.16. The Morgan fingerprint density at radius 2 is 0.833 bits per heavy atom. The molecule has 0 atom stereocenters. The minimum Gasteiger partial charge on any atom is -0.343 e. The Kier molecular flexibility index (Phi) is 36.7. The minimum atomic E-state index is 0. The van der Waals surface area contributed by atoms with E-state index < -0.39 is 0 Å². The van der Waals surface area contributed by atoms with Crippen LogP contribution in [0.15, 0.2) is 0 Å². The fraction of sp³-hybridized carbons (Fsp3) is 0.938. The second kappa shape index (κ2) is 25.2. The molecule has 0 saturated heterocycles. The van der Waals surface area contributed by atoms with E-state index in [4.69, 9.17) is 0 Å². The average molecular weight is 304 g/mol. The molecule has 99 valence electrons. The zero-order valence-corrected chi connectivity index (χ0v) is 19.9. The van der Waals surface area contributed by atoms with Gasteiger partial charge in [0.25, 0.3) is 0 Å². The van der Waals surface area contributed by atoms with E-state index in [1.807, 2.05) is 0 Å². The summed E-state index contributed by atoms with van der Waals surface area (Å²) in [5.41, 5.74) is 0. The van der Waals surface area contributed by atoms with E-state index in [0.717, 1.165) is 6.42 Å². The minimum absolute atomic E-state index is 0. The van der Waals surface area contributed by atoms with Crippen molar-refractivity contribution in [3.05, 3.63) is 6.92 Å². The first-order valence-corrected chi connectivity index (χ1v) is 7.71. The maximum absolute atomic E-state index is 3.87. The van der Waals surface area contributed by atoms with Crippen molar-refractivity contribution in [3.63, 3.8) is 0 Å². The summed E-state index contributed by atoms with van der Waals surface area (Å²) >= 11 is 0. The first kappa shape index (κ1) is 26.2. The molecule has 0 aliphatic rings. The van der Waals surface area contributed by atoms with Crippen molar-refractivity contribution in [1.82, 2.24) is 0 Å². The molecule has 0 aromatic rings. The zero-order valence-electron chi connectivity index (χ0n) is 13.6. The van der Waals surface area contributed by atoms with Gasteiger partial charge in [-0.05, 0) is 0 Å². The normalized spacial score (nSPS) is 9.67. The molecule has 0 nitrogen and oxygen atoms in total. The molecule has 0 unspecified atom stereocenters. The molecule has 0 rings (SSSR count). The van der Waals surface area contributed by atoms with Gasteiger partial charge in [-0.2, -0.15) is 6.42 Å². The molecule has 0 spiro atoms. The van der Waals surface area contributed by atoms with Gasteiger partial charge in [-0.25, -0.2) is 0 Å². The summed E-state index contributed by atoms with van der Waals surface area (Å²) in [4.78, 5) is 0. The molecule has 18 heavy (non-hydrogen) atoms. The van der Waals surface area contributed by atoms with E-state index in [1.54, 1.807) is 0 Å². The molecular weight excluding hydrogens is 270 g/mol. The van der Waals surface area contributed by atoms with Crippen LogP contribution in [0, 0.1) is 6.92 Å². The Morgan fingerprint density at radius 3 is 1.11 bits per heavy atom. The van der Waals surface area contributed by atoms with E-state index >= 15 is 0 Å². The number of rotatable bonds is 13. The molecule has 0 aromatic carbocycles. The van der Waals surface area contributed by atoms with Gasteiger partial charge in [0.15, 0.2) is 0 Å². The molecule has 0 fully saturated rings. The van der Waals surface area contributed by atoms with Crippen LogP contribution >= 0.6 is 0 Å². The standard InChI is InChI=1S/C16H33.2K/c1-3-5-7-9-11-13-15-16-14-12-10-8-6-4-2;;/h1,3-16H2,2H3;;/q-1;;+1. The molecule has 0 aliphatic carbocycles. The van der Waals surface area contributed by atoms with Crippen LogP contribution in [0.25, 0.3) is 0 Å².